The second-order valence-electron chi connectivity index (χ2n) is 5.46. The first kappa shape index (κ1) is 19.4. The summed E-state index contributed by atoms with van der Waals surface area (Å²) in [4.78, 5) is 8.66. The van der Waals surface area contributed by atoms with Crippen LogP contribution in [0.5, 0.6) is 11.5 Å². The quantitative estimate of drug-likeness (QED) is 0.289. The highest BCUT2D eigenvalue weighted by Crippen LogP contribution is 2.32. The molecule has 2 N–H and O–H groups in total. The summed E-state index contributed by atoms with van der Waals surface area (Å²) in [6.45, 7) is 5.56. The van der Waals surface area contributed by atoms with Gasteiger partial charge in [-0.15, -0.1) is 24.0 Å². The fourth-order valence-corrected chi connectivity index (χ4v) is 2.44. The summed E-state index contributed by atoms with van der Waals surface area (Å²) < 4.78 is 12.8. The number of aryl methyl sites for hydroxylation is 1. The molecule has 2 aromatic rings. The van der Waals surface area contributed by atoms with E-state index in [0.29, 0.717) is 13.3 Å². The number of fused-ring (bicyclic) bond motifs is 1. The Labute approximate surface area is 164 Å². The first-order chi connectivity index (χ1) is 11.8. The van der Waals surface area contributed by atoms with Crippen molar-refractivity contribution in [2.45, 2.75) is 26.4 Å². The lowest BCUT2D eigenvalue weighted by Gasteiger charge is -2.11. The number of nitrogens with one attached hydrogen (secondary N) is 2. The van der Waals surface area contributed by atoms with Crippen LogP contribution in [0.15, 0.2) is 41.9 Å². The first-order valence-corrected chi connectivity index (χ1v) is 8.21. The Morgan fingerprint density at radius 2 is 2.16 bits per heavy atom. The molecule has 1 aromatic heterocycles. The molecule has 0 atom stereocenters. The number of hydrogen-bond acceptors (Lipinski definition) is 4. The van der Waals surface area contributed by atoms with Crippen molar-refractivity contribution < 1.29 is 9.47 Å². The Kier molecular flexibility index (Phi) is 7.83. The molecule has 0 bridgehead atoms. The molecule has 0 radical (unpaired) electrons. The third kappa shape index (κ3) is 5.80. The highest BCUT2D eigenvalue weighted by molar-refractivity contribution is 14.0. The van der Waals surface area contributed by atoms with Gasteiger partial charge in [0.15, 0.2) is 17.5 Å². The van der Waals surface area contributed by atoms with Crippen molar-refractivity contribution in [3.05, 3.63) is 42.5 Å². The second kappa shape index (κ2) is 10.1. The lowest BCUT2D eigenvalue weighted by Crippen LogP contribution is -2.38. The Bertz CT molecular complexity index is 676. The summed E-state index contributed by atoms with van der Waals surface area (Å²) in [5.74, 6) is 2.41. The molecule has 0 amide bonds. The summed E-state index contributed by atoms with van der Waals surface area (Å²) in [5, 5.41) is 6.62. The molecule has 0 saturated heterocycles. The summed E-state index contributed by atoms with van der Waals surface area (Å²) in [7, 11) is 0. The van der Waals surface area contributed by atoms with Crippen molar-refractivity contribution in [2.24, 2.45) is 4.99 Å². The van der Waals surface area contributed by atoms with Gasteiger partial charge in [0, 0.05) is 32.0 Å². The Balaban J connectivity index is 0.00000225. The van der Waals surface area contributed by atoms with E-state index < -0.39 is 0 Å². The van der Waals surface area contributed by atoms with Gasteiger partial charge in [0.25, 0.3) is 0 Å². The number of hydrogen-bond donors (Lipinski definition) is 2. The highest BCUT2D eigenvalue weighted by atomic mass is 127. The van der Waals surface area contributed by atoms with Crippen molar-refractivity contribution in [3.63, 3.8) is 0 Å². The third-order valence-electron chi connectivity index (χ3n) is 3.65. The van der Waals surface area contributed by atoms with E-state index in [1.165, 1.54) is 0 Å². The van der Waals surface area contributed by atoms with Gasteiger partial charge in [-0.05, 0) is 31.0 Å². The number of aromatic nitrogens is 2. The molecule has 0 saturated carbocycles. The zero-order chi connectivity index (χ0) is 16.6. The van der Waals surface area contributed by atoms with Crippen LogP contribution in [-0.4, -0.2) is 35.4 Å². The van der Waals surface area contributed by atoms with Gasteiger partial charge in [0.05, 0.1) is 12.9 Å². The topological polar surface area (TPSA) is 72.7 Å². The molecule has 2 heterocycles. The molecule has 0 aliphatic carbocycles. The van der Waals surface area contributed by atoms with Crippen LogP contribution >= 0.6 is 24.0 Å². The van der Waals surface area contributed by atoms with E-state index in [0.717, 1.165) is 49.1 Å². The number of aliphatic imine (C=N–C) groups is 1. The standard InChI is InChI=1S/C17H23N5O2.HI/c1-2-19-17(20-6-3-8-22-9-7-18-12-22)21-11-14-4-5-15-16(10-14)24-13-23-15;/h4-5,7,9-10,12H,2-3,6,8,11,13H2,1H3,(H2,19,20,21);1H. The van der Waals surface area contributed by atoms with E-state index >= 15 is 0 Å². The van der Waals surface area contributed by atoms with Gasteiger partial charge < -0.3 is 24.7 Å². The molecule has 1 aliphatic heterocycles. The predicted octanol–water partition coefficient (Wildman–Crippen LogP) is 2.38. The van der Waals surface area contributed by atoms with Crippen LogP contribution in [0.25, 0.3) is 0 Å². The summed E-state index contributed by atoms with van der Waals surface area (Å²) in [6.07, 6.45) is 6.60. The van der Waals surface area contributed by atoms with E-state index in [-0.39, 0.29) is 24.0 Å². The van der Waals surface area contributed by atoms with Crippen LogP contribution in [0.1, 0.15) is 18.9 Å². The van der Waals surface area contributed by atoms with Crippen molar-refractivity contribution in [2.75, 3.05) is 19.9 Å². The molecule has 0 unspecified atom stereocenters. The molecular formula is C17H24IN5O2. The second-order valence-corrected chi connectivity index (χ2v) is 5.46. The normalized spacial score (nSPS) is 12.6. The summed E-state index contributed by atoms with van der Waals surface area (Å²) in [5.41, 5.74) is 1.09. The number of rotatable bonds is 7. The first-order valence-electron chi connectivity index (χ1n) is 8.21. The summed E-state index contributed by atoms with van der Waals surface area (Å²) in [6, 6.07) is 5.92. The zero-order valence-corrected chi connectivity index (χ0v) is 16.6. The molecule has 25 heavy (non-hydrogen) atoms. The van der Waals surface area contributed by atoms with Gasteiger partial charge in [0.2, 0.25) is 6.79 Å². The minimum Gasteiger partial charge on any atom is -0.454 e. The minimum absolute atomic E-state index is 0. The molecule has 1 aliphatic rings. The largest absolute Gasteiger partial charge is 0.454 e. The van der Waals surface area contributed by atoms with Crippen LogP contribution in [0.3, 0.4) is 0 Å². The number of halogens is 1. The lowest BCUT2D eigenvalue weighted by molar-refractivity contribution is 0.174. The van der Waals surface area contributed by atoms with Crippen LogP contribution in [0.2, 0.25) is 0 Å². The maximum atomic E-state index is 5.40. The van der Waals surface area contributed by atoms with Gasteiger partial charge >= 0.3 is 0 Å². The van der Waals surface area contributed by atoms with Crippen LogP contribution in [-0.2, 0) is 13.1 Å². The van der Waals surface area contributed by atoms with Gasteiger partial charge in [-0.25, -0.2) is 9.98 Å². The van der Waals surface area contributed by atoms with Gasteiger partial charge in [-0.1, -0.05) is 6.07 Å². The molecule has 8 heteroatoms. The van der Waals surface area contributed by atoms with Crippen LogP contribution < -0.4 is 20.1 Å². The van der Waals surface area contributed by atoms with Gasteiger partial charge in [0.1, 0.15) is 0 Å². The zero-order valence-electron chi connectivity index (χ0n) is 14.3. The SMILES string of the molecule is CCNC(=NCc1ccc2c(c1)OCO2)NCCCn1ccnc1.I. The lowest BCUT2D eigenvalue weighted by atomic mass is 10.2. The Morgan fingerprint density at radius 3 is 2.96 bits per heavy atom. The van der Waals surface area contributed by atoms with Crippen molar-refractivity contribution >= 4 is 29.9 Å². The number of benzene rings is 1. The average molecular weight is 457 g/mol. The molecule has 7 nitrogen and oxygen atoms in total. The average Bonchev–Trinajstić information content (AvgIpc) is 3.27. The number of guanidine groups is 1. The molecule has 0 spiro atoms. The Morgan fingerprint density at radius 1 is 1.28 bits per heavy atom. The Hall–Kier alpha value is -1.97. The molecule has 136 valence electrons. The third-order valence-corrected chi connectivity index (χ3v) is 3.65. The monoisotopic (exact) mass is 457 g/mol. The van der Waals surface area contributed by atoms with Crippen molar-refractivity contribution in [1.29, 1.82) is 0 Å². The number of ether oxygens (including phenoxy) is 2. The highest BCUT2D eigenvalue weighted by Gasteiger charge is 2.12. The summed E-state index contributed by atoms with van der Waals surface area (Å²) >= 11 is 0. The fourth-order valence-electron chi connectivity index (χ4n) is 2.44. The molecule has 1 aromatic carbocycles. The minimum atomic E-state index is 0. The molecule has 0 fully saturated rings. The van der Waals surface area contributed by atoms with E-state index in [1.807, 2.05) is 30.7 Å². The van der Waals surface area contributed by atoms with E-state index in [4.69, 9.17) is 9.47 Å². The van der Waals surface area contributed by atoms with Crippen LogP contribution in [0.4, 0.5) is 0 Å². The van der Waals surface area contributed by atoms with Crippen molar-refractivity contribution in [3.8, 4) is 11.5 Å². The van der Waals surface area contributed by atoms with Gasteiger partial charge in [-0.2, -0.15) is 0 Å². The van der Waals surface area contributed by atoms with Gasteiger partial charge in [-0.3, -0.25) is 0 Å². The molecule has 3 rings (SSSR count). The number of imidazole rings is 1. The smallest absolute Gasteiger partial charge is 0.231 e. The predicted molar refractivity (Wildman–Crippen MR) is 108 cm³/mol. The van der Waals surface area contributed by atoms with Crippen molar-refractivity contribution in [1.82, 2.24) is 20.2 Å². The maximum Gasteiger partial charge on any atom is 0.231 e. The van der Waals surface area contributed by atoms with E-state index in [1.54, 1.807) is 6.20 Å². The van der Waals surface area contributed by atoms with Crippen LogP contribution in [0, 0.1) is 0 Å². The molecular weight excluding hydrogens is 433 g/mol. The van der Waals surface area contributed by atoms with E-state index in [2.05, 4.69) is 32.1 Å². The maximum absolute atomic E-state index is 5.40. The fraction of sp³-hybridized carbons (Fsp3) is 0.412. The number of nitrogens with zero attached hydrogens (tertiary/aromatic N) is 3. The van der Waals surface area contributed by atoms with E-state index in [9.17, 15) is 0 Å².